The zero-order chi connectivity index (χ0) is 11.1. The third-order valence-corrected chi connectivity index (χ3v) is 1.79. The van der Waals surface area contributed by atoms with E-state index in [0.29, 0.717) is 0 Å². The second-order valence-corrected chi connectivity index (χ2v) is 2.91. The molecule has 0 aliphatic carbocycles. The van der Waals surface area contributed by atoms with Gasteiger partial charge in [-0.05, 0) is 0 Å². The summed E-state index contributed by atoms with van der Waals surface area (Å²) in [5, 5.41) is 55.6. The van der Waals surface area contributed by atoms with E-state index < -0.39 is 31.0 Å². The smallest absolute Gasteiger partial charge is 0.111 e. The van der Waals surface area contributed by atoms with Crippen LogP contribution in [0.1, 0.15) is 0 Å². The molecule has 7 nitrogen and oxygen atoms in total. The molecule has 0 heterocycles. The first-order valence-corrected chi connectivity index (χ1v) is 4.19. The van der Waals surface area contributed by atoms with Gasteiger partial charge in [-0.3, -0.25) is 5.32 Å². The van der Waals surface area contributed by atoms with Crippen LogP contribution in [0.3, 0.4) is 0 Å². The fourth-order valence-electron chi connectivity index (χ4n) is 0.896. The van der Waals surface area contributed by atoms with E-state index in [0.717, 1.165) is 0 Å². The van der Waals surface area contributed by atoms with Gasteiger partial charge in [0.25, 0.3) is 0 Å². The Balaban J connectivity index is 3.95. The van der Waals surface area contributed by atoms with E-state index in [-0.39, 0.29) is 13.3 Å². The topological polar surface area (TPSA) is 133 Å². The molecular weight excluding hydrogens is 194 g/mol. The molecule has 7 N–H and O–H groups in total. The molecule has 7 heteroatoms. The number of rotatable bonds is 7. The molecular formula is C7H17NO6. The Morgan fingerprint density at radius 2 is 1.36 bits per heavy atom. The molecule has 4 atom stereocenters. The van der Waals surface area contributed by atoms with Crippen LogP contribution in [0.2, 0.25) is 0 Å². The zero-order valence-electron chi connectivity index (χ0n) is 7.61. The van der Waals surface area contributed by atoms with Gasteiger partial charge in [0.05, 0.1) is 19.4 Å². The fraction of sp³-hybridized carbons (Fsp3) is 1.00. The van der Waals surface area contributed by atoms with Gasteiger partial charge in [-0.25, -0.2) is 0 Å². The maximum absolute atomic E-state index is 9.22. The van der Waals surface area contributed by atoms with Crippen molar-refractivity contribution in [2.75, 3.05) is 19.9 Å². The fourth-order valence-corrected chi connectivity index (χ4v) is 0.896. The summed E-state index contributed by atoms with van der Waals surface area (Å²) in [7, 11) is 0. The molecule has 0 spiro atoms. The molecule has 0 bridgehead atoms. The highest BCUT2D eigenvalue weighted by atomic mass is 16.4. The van der Waals surface area contributed by atoms with Crippen LogP contribution < -0.4 is 5.32 Å². The molecule has 86 valence electrons. The molecule has 0 saturated carbocycles. The Labute approximate surface area is 81.2 Å². The average molecular weight is 211 g/mol. The monoisotopic (exact) mass is 211 g/mol. The van der Waals surface area contributed by atoms with E-state index in [2.05, 4.69) is 5.32 Å². The van der Waals surface area contributed by atoms with Gasteiger partial charge in [0.2, 0.25) is 0 Å². The van der Waals surface area contributed by atoms with Crippen molar-refractivity contribution in [3.63, 3.8) is 0 Å². The summed E-state index contributed by atoms with van der Waals surface area (Å²) in [5.41, 5.74) is 0. The first-order valence-electron chi connectivity index (χ1n) is 4.19. The maximum Gasteiger partial charge on any atom is 0.111 e. The molecule has 0 aromatic heterocycles. The molecule has 0 aromatic carbocycles. The van der Waals surface area contributed by atoms with E-state index in [4.69, 9.17) is 20.4 Å². The van der Waals surface area contributed by atoms with Crippen molar-refractivity contribution < 1.29 is 30.6 Å². The second-order valence-electron chi connectivity index (χ2n) is 2.91. The van der Waals surface area contributed by atoms with E-state index in [1.54, 1.807) is 0 Å². The summed E-state index contributed by atoms with van der Waals surface area (Å²) in [4.78, 5) is 0. The quantitative estimate of drug-likeness (QED) is 0.213. The summed E-state index contributed by atoms with van der Waals surface area (Å²) in [5.74, 6) is 0. The number of aliphatic hydroxyl groups is 6. The van der Waals surface area contributed by atoms with E-state index in [1.807, 2.05) is 0 Å². The standard InChI is InChI=1S/C7H17NO6/c9-2-5(12)7(14)6(13)4(11)1-8-3-10/h4-14H,1-3H2/t4-,5+,6+,7+/m0/s1. The average Bonchev–Trinajstić information content (AvgIpc) is 2.22. The number of hydrogen-bond donors (Lipinski definition) is 7. The minimum atomic E-state index is -1.63. The lowest BCUT2D eigenvalue weighted by Crippen LogP contribution is -2.49. The number of aliphatic hydroxyl groups excluding tert-OH is 6. The summed E-state index contributed by atoms with van der Waals surface area (Å²) in [6.07, 6.45) is -6.06. The van der Waals surface area contributed by atoms with Crippen molar-refractivity contribution in [2.24, 2.45) is 0 Å². The van der Waals surface area contributed by atoms with Crippen LogP contribution in [0.25, 0.3) is 0 Å². The highest BCUT2D eigenvalue weighted by Gasteiger charge is 2.29. The Hall–Kier alpha value is -0.280. The molecule has 0 aliphatic heterocycles. The zero-order valence-corrected chi connectivity index (χ0v) is 7.61. The number of nitrogens with one attached hydrogen (secondary N) is 1. The maximum atomic E-state index is 9.22. The molecule has 0 fully saturated rings. The summed E-state index contributed by atoms with van der Waals surface area (Å²) in [6.45, 7) is -1.21. The normalized spacial score (nSPS) is 20.1. The van der Waals surface area contributed by atoms with E-state index >= 15 is 0 Å². The Bertz CT molecular complexity index is 146. The van der Waals surface area contributed by atoms with Crippen molar-refractivity contribution in [3.05, 3.63) is 0 Å². The minimum Gasteiger partial charge on any atom is -0.394 e. The van der Waals surface area contributed by atoms with E-state index in [9.17, 15) is 10.2 Å². The molecule has 0 unspecified atom stereocenters. The van der Waals surface area contributed by atoms with Gasteiger partial charge in [0.15, 0.2) is 0 Å². The van der Waals surface area contributed by atoms with Crippen LogP contribution in [-0.2, 0) is 0 Å². The van der Waals surface area contributed by atoms with Gasteiger partial charge < -0.3 is 30.6 Å². The van der Waals surface area contributed by atoms with Crippen molar-refractivity contribution in [1.82, 2.24) is 5.32 Å². The van der Waals surface area contributed by atoms with Crippen LogP contribution in [0, 0.1) is 0 Å². The second kappa shape index (κ2) is 7.07. The first kappa shape index (κ1) is 13.7. The van der Waals surface area contributed by atoms with Gasteiger partial charge in [-0.2, -0.15) is 0 Å². The summed E-state index contributed by atoms with van der Waals surface area (Å²) >= 11 is 0. The molecule has 0 amide bonds. The van der Waals surface area contributed by atoms with Crippen LogP contribution in [0.5, 0.6) is 0 Å². The Morgan fingerprint density at radius 3 is 1.79 bits per heavy atom. The first-order chi connectivity index (χ1) is 6.54. The van der Waals surface area contributed by atoms with Crippen molar-refractivity contribution in [3.8, 4) is 0 Å². The minimum absolute atomic E-state index is 0.132. The Kier molecular flexibility index (Phi) is 6.93. The molecule has 0 aromatic rings. The van der Waals surface area contributed by atoms with Crippen molar-refractivity contribution >= 4 is 0 Å². The summed E-state index contributed by atoms with van der Waals surface area (Å²) in [6, 6.07) is 0. The third kappa shape index (κ3) is 4.29. The predicted octanol–water partition coefficient (Wildman–Crippen LogP) is -4.04. The Morgan fingerprint density at radius 1 is 0.857 bits per heavy atom. The van der Waals surface area contributed by atoms with Gasteiger partial charge in [0, 0.05) is 6.54 Å². The summed E-state index contributed by atoms with van der Waals surface area (Å²) < 4.78 is 0. The molecule has 0 radical (unpaired) electrons. The van der Waals surface area contributed by atoms with Crippen LogP contribution in [-0.4, -0.2) is 74.9 Å². The lowest BCUT2D eigenvalue weighted by Gasteiger charge is -2.25. The SMILES string of the molecule is OCNC[C@H](O)[C@@H](O)[C@H](O)[C@H](O)CO. The van der Waals surface area contributed by atoms with Gasteiger partial charge >= 0.3 is 0 Å². The van der Waals surface area contributed by atoms with Crippen molar-refractivity contribution in [1.29, 1.82) is 0 Å². The van der Waals surface area contributed by atoms with Crippen molar-refractivity contribution in [2.45, 2.75) is 24.4 Å². The van der Waals surface area contributed by atoms with Gasteiger partial charge in [-0.1, -0.05) is 0 Å². The number of hydrogen-bond acceptors (Lipinski definition) is 7. The molecule has 14 heavy (non-hydrogen) atoms. The van der Waals surface area contributed by atoms with Crippen LogP contribution >= 0.6 is 0 Å². The predicted molar refractivity (Wildman–Crippen MR) is 46.2 cm³/mol. The highest BCUT2D eigenvalue weighted by Crippen LogP contribution is 2.04. The molecule has 0 saturated heterocycles. The van der Waals surface area contributed by atoms with Crippen LogP contribution in [0.15, 0.2) is 0 Å². The van der Waals surface area contributed by atoms with Gasteiger partial charge in [0.1, 0.15) is 18.3 Å². The lowest BCUT2D eigenvalue weighted by molar-refractivity contribution is -0.114. The van der Waals surface area contributed by atoms with Crippen LogP contribution in [0.4, 0.5) is 0 Å². The molecule has 0 aliphatic rings. The molecule has 0 rings (SSSR count). The van der Waals surface area contributed by atoms with E-state index in [1.165, 1.54) is 0 Å². The third-order valence-electron chi connectivity index (χ3n) is 1.79. The van der Waals surface area contributed by atoms with Gasteiger partial charge in [-0.15, -0.1) is 0 Å². The highest BCUT2D eigenvalue weighted by molar-refractivity contribution is 4.81. The lowest BCUT2D eigenvalue weighted by atomic mass is 10.0. The largest absolute Gasteiger partial charge is 0.394 e.